The fourth-order valence-electron chi connectivity index (χ4n) is 2.89. The molecule has 8 heteroatoms. The van der Waals surface area contributed by atoms with Gasteiger partial charge in [-0.15, -0.1) is 11.8 Å². The second-order valence-corrected chi connectivity index (χ2v) is 7.34. The molecule has 1 fully saturated rings. The lowest BCUT2D eigenvalue weighted by atomic mass is 10.1. The maximum Gasteiger partial charge on any atom is 0.210 e. The Bertz CT molecular complexity index is 834. The van der Waals surface area contributed by atoms with Crippen LogP contribution in [0.3, 0.4) is 0 Å². The molecule has 0 bridgehead atoms. The van der Waals surface area contributed by atoms with Crippen molar-refractivity contribution in [3.63, 3.8) is 0 Å². The van der Waals surface area contributed by atoms with Gasteiger partial charge in [0.2, 0.25) is 5.96 Å². The average molecular weight is 376 g/mol. The average Bonchev–Trinajstić information content (AvgIpc) is 3.30. The molecule has 1 aromatic carbocycles. The maximum atomic E-state index is 6.22. The molecule has 2 aliphatic rings. The number of hydrogen-bond donors (Lipinski definition) is 2. The van der Waals surface area contributed by atoms with Crippen LogP contribution < -0.4 is 15.4 Å². The maximum absolute atomic E-state index is 6.22. The number of aliphatic imine (C=N–C) groups is 1. The molecule has 1 unspecified atom stereocenters. The molecule has 2 N–H and O–H groups in total. The molecular weight excluding hydrogens is 358 g/mol. The molecule has 3 heterocycles. The van der Waals surface area contributed by atoms with Gasteiger partial charge in [-0.2, -0.15) is 0 Å². The van der Waals surface area contributed by atoms with Gasteiger partial charge in [-0.25, -0.2) is 9.98 Å². The molecule has 25 heavy (non-hydrogen) atoms. The minimum atomic E-state index is 0.167. The first-order valence-electron chi connectivity index (χ1n) is 7.98. The van der Waals surface area contributed by atoms with E-state index in [1.54, 1.807) is 19.6 Å². The lowest BCUT2D eigenvalue weighted by Crippen LogP contribution is -2.40. The topological polar surface area (TPSA) is 63.5 Å². The van der Waals surface area contributed by atoms with Gasteiger partial charge >= 0.3 is 0 Å². The molecule has 1 atom stereocenters. The van der Waals surface area contributed by atoms with Crippen LogP contribution >= 0.6 is 23.4 Å². The SMILES string of the molecule is COc1ccc(CNC2=C3CCSC3N=C(n3ccnc3)N2)cc1Cl. The summed E-state index contributed by atoms with van der Waals surface area (Å²) in [7, 11) is 1.62. The number of ether oxygens (including phenoxy) is 1. The van der Waals surface area contributed by atoms with E-state index in [0.717, 1.165) is 29.5 Å². The van der Waals surface area contributed by atoms with Crippen molar-refractivity contribution in [2.75, 3.05) is 12.9 Å². The molecule has 4 rings (SSSR count). The highest BCUT2D eigenvalue weighted by atomic mass is 35.5. The molecule has 0 saturated carbocycles. The summed E-state index contributed by atoms with van der Waals surface area (Å²) in [5.74, 6) is 3.59. The van der Waals surface area contributed by atoms with Gasteiger partial charge in [0.05, 0.1) is 12.1 Å². The van der Waals surface area contributed by atoms with Gasteiger partial charge in [-0.1, -0.05) is 17.7 Å². The zero-order chi connectivity index (χ0) is 17.2. The van der Waals surface area contributed by atoms with Crippen LogP contribution in [-0.4, -0.2) is 33.7 Å². The predicted molar refractivity (Wildman–Crippen MR) is 101 cm³/mol. The van der Waals surface area contributed by atoms with Crippen molar-refractivity contribution in [2.45, 2.75) is 18.3 Å². The number of thioether (sulfide) groups is 1. The van der Waals surface area contributed by atoms with Gasteiger partial charge in [0.15, 0.2) is 0 Å². The van der Waals surface area contributed by atoms with Gasteiger partial charge in [0, 0.05) is 24.5 Å². The number of aromatic nitrogens is 2. The molecule has 0 radical (unpaired) electrons. The third kappa shape index (κ3) is 3.34. The van der Waals surface area contributed by atoms with Crippen LogP contribution in [0, 0.1) is 0 Å². The molecule has 0 amide bonds. The van der Waals surface area contributed by atoms with Crippen LogP contribution in [0.4, 0.5) is 0 Å². The Kier molecular flexibility index (Phi) is 4.59. The summed E-state index contributed by atoms with van der Waals surface area (Å²) >= 11 is 8.08. The van der Waals surface area contributed by atoms with Crippen molar-refractivity contribution in [2.24, 2.45) is 4.99 Å². The Balaban J connectivity index is 1.52. The third-order valence-corrected chi connectivity index (χ3v) is 5.62. The van der Waals surface area contributed by atoms with Crippen molar-refractivity contribution in [1.29, 1.82) is 0 Å². The van der Waals surface area contributed by atoms with Crippen LogP contribution in [0.2, 0.25) is 5.02 Å². The molecule has 130 valence electrons. The van der Waals surface area contributed by atoms with Crippen molar-refractivity contribution in [1.82, 2.24) is 20.2 Å². The van der Waals surface area contributed by atoms with E-state index in [-0.39, 0.29) is 5.37 Å². The van der Waals surface area contributed by atoms with E-state index < -0.39 is 0 Å². The minimum absolute atomic E-state index is 0.167. The number of hydrogen-bond acceptors (Lipinski definition) is 6. The van der Waals surface area contributed by atoms with E-state index >= 15 is 0 Å². The van der Waals surface area contributed by atoms with Crippen molar-refractivity contribution < 1.29 is 4.74 Å². The molecule has 0 spiro atoms. The van der Waals surface area contributed by atoms with Gasteiger partial charge in [-0.3, -0.25) is 4.57 Å². The highest BCUT2D eigenvalue weighted by Gasteiger charge is 2.29. The monoisotopic (exact) mass is 375 g/mol. The first kappa shape index (κ1) is 16.4. The number of methoxy groups -OCH3 is 1. The zero-order valence-corrected chi connectivity index (χ0v) is 15.3. The largest absolute Gasteiger partial charge is 0.495 e. The quantitative estimate of drug-likeness (QED) is 0.860. The standard InChI is InChI=1S/C17H18ClN5OS/c1-24-14-3-2-11(8-13(14)18)9-20-15-12-4-7-25-16(12)22-17(21-15)23-6-5-19-10-23/h2-3,5-6,8,10,16,20H,4,7,9H2,1H3,(H,21,22). The zero-order valence-electron chi connectivity index (χ0n) is 13.7. The molecule has 6 nitrogen and oxygen atoms in total. The number of fused-ring (bicyclic) bond motifs is 1. The second kappa shape index (κ2) is 7.01. The molecular formula is C17H18ClN5OS. The molecule has 1 saturated heterocycles. The van der Waals surface area contributed by atoms with Gasteiger partial charge in [-0.05, 0) is 29.9 Å². The smallest absolute Gasteiger partial charge is 0.210 e. The molecule has 2 aromatic rings. The summed E-state index contributed by atoms with van der Waals surface area (Å²) in [6.45, 7) is 0.671. The molecule has 2 aliphatic heterocycles. The summed E-state index contributed by atoms with van der Waals surface area (Å²) in [5.41, 5.74) is 2.41. The first-order chi connectivity index (χ1) is 12.2. The van der Waals surface area contributed by atoms with E-state index in [4.69, 9.17) is 21.3 Å². The van der Waals surface area contributed by atoms with Gasteiger partial charge < -0.3 is 15.4 Å². The number of nitrogens with one attached hydrogen (secondary N) is 2. The summed E-state index contributed by atoms with van der Waals surface area (Å²) in [6, 6.07) is 5.82. The molecule has 1 aromatic heterocycles. The number of benzene rings is 1. The van der Waals surface area contributed by atoms with E-state index in [2.05, 4.69) is 15.6 Å². The number of halogens is 1. The van der Waals surface area contributed by atoms with Gasteiger partial charge in [0.1, 0.15) is 23.3 Å². The van der Waals surface area contributed by atoms with Gasteiger partial charge in [0.25, 0.3) is 0 Å². The number of nitrogens with zero attached hydrogens (tertiary/aromatic N) is 3. The normalized spacial score (nSPS) is 19.3. The Morgan fingerprint density at radius 1 is 1.48 bits per heavy atom. The van der Waals surface area contributed by atoms with E-state index in [9.17, 15) is 0 Å². The summed E-state index contributed by atoms with van der Waals surface area (Å²) < 4.78 is 7.10. The van der Waals surface area contributed by atoms with Crippen molar-refractivity contribution in [3.05, 3.63) is 58.9 Å². The third-order valence-electron chi connectivity index (χ3n) is 4.18. The van der Waals surface area contributed by atoms with E-state index in [0.29, 0.717) is 17.3 Å². The first-order valence-corrected chi connectivity index (χ1v) is 9.41. The summed E-state index contributed by atoms with van der Waals surface area (Å²) in [4.78, 5) is 8.88. The van der Waals surface area contributed by atoms with Crippen LogP contribution in [0.1, 0.15) is 12.0 Å². The van der Waals surface area contributed by atoms with E-state index in [1.165, 1.54) is 5.57 Å². The predicted octanol–water partition coefficient (Wildman–Crippen LogP) is 2.82. The highest BCUT2D eigenvalue weighted by Crippen LogP contribution is 2.35. The number of imidazole rings is 1. The molecule has 0 aliphatic carbocycles. The minimum Gasteiger partial charge on any atom is -0.495 e. The van der Waals surface area contributed by atoms with Crippen LogP contribution in [-0.2, 0) is 6.54 Å². The lowest BCUT2D eigenvalue weighted by molar-refractivity contribution is 0.415. The van der Waals surface area contributed by atoms with Crippen molar-refractivity contribution in [3.8, 4) is 5.75 Å². The van der Waals surface area contributed by atoms with E-state index in [1.807, 2.05) is 40.7 Å². The Morgan fingerprint density at radius 3 is 3.16 bits per heavy atom. The van der Waals surface area contributed by atoms with Crippen LogP contribution in [0.5, 0.6) is 5.75 Å². The Morgan fingerprint density at radius 2 is 2.40 bits per heavy atom. The Labute approximate surface area is 155 Å². The fourth-order valence-corrected chi connectivity index (χ4v) is 4.34. The lowest BCUT2D eigenvalue weighted by Gasteiger charge is -2.25. The summed E-state index contributed by atoms with van der Waals surface area (Å²) in [6.07, 6.45) is 6.42. The highest BCUT2D eigenvalue weighted by molar-refractivity contribution is 8.00. The summed E-state index contributed by atoms with van der Waals surface area (Å²) in [5, 5.41) is 7.70. The van der Waals surface area contributed by atoms with Crippen LogP contribution in [0.25, 0.3) is 0 Å². The Hall–Kier alpha value is -2.12. The number of rotatable bonds is 4. The van der Waals surface area contributed by atoms with Crippen molar-refractivity contribution >= 4 is 29.3 Å². The fraction of sp³-hybridized carbons (Fsp3) is 0.294. The second-order valence-electron chi connectivity index (χ2n) is 5.74. The van der Waals surface area contributed by atoms with Crippen LogP contribution in [0.15, 0.2) is 53.3 Å².